The van der Waals surface area contributed by atoms with Crippen LogP contribution in [0.25, 0.3) is 0 Å². The van der Waals surface area contributed by atoms with Crippen LogP contribution in [0.1, 0.15) is 18.4 Å². The molecule has 1 aliphatic heterocycles. The molecular weight excluding hydrogens is 273 g/mol. The molecular formula is C14H20FN5O. The molecule has 0 bridgehead atoms. The lowest BCUT2D eigenvalue weighted by Crippen LogP contribution is -2.37. The highest BCUT2D eigenvalue weighted by Gasteiger charge is 2.21. The minimum atomic E-state index is -0.321. The molecule has 3 rings (SSSR count). The third-order valence-corrected chi connectivity index (χ3v) is 3.55. The van der Waals surface area contributed by atoms with Gasteiger partial charge in [0, 0.05) is 25.3 Å². The van der Waals surface area contributed by atoms with E-state index in [1.165, 1.54) is 6.07 Å². The largest absolute Gasteiger partial charge is 0.378 e. The fourth-order valence-corrected chi connectivity index (χ4v) is 2.22. The molecule has 0 amide bonds. The molecule has 6 nitrogen and oxygen atoms in total. The molecule has 1 saturated carbocycles. The van der Waals surface area contributed by atoms with Gasteiger partial charge in [-0.15, -0.1) is 0 Å². The van der Waals surface area contributed by atoms with Crippen molar-refractivity contribution >= 4 is 11.8 Å². The monoisotopic (exact) mass is 293 g/mol. The highest BCUT2D eigenvalue weighted by Crippen LogP contribution is 2.19. The highest BCUT2D eigenvalue weighted by molar-refractivity contribution is 5.78. The average Bonchev–Trinajstić information content (AvgIpc) is 3.30. The summed E-state index contributed by atoms with van der Waals surface area (Å²) in [5.74, 6) is 0.476. The summed E-state index contributed by atoms with van der Waals surface area (Å²) in [6.45, 7) is 2.88. The van der Waals surface area contributed by atoms with Crippen LogP contribution < -0.4 is 16.0 Å². The zero-order chi connectivity index (χ0) is 14.7. The van der Waals surface area contributed by atoms with E-state index in [4.69, 9.17) is 10.5 Å². The van der Waals surface area contributed by atoms with Crippen molar-refractivity contribution in [1.29, 1.82) is 0 Å². The molecule has 0 unspecified atom stereocenters. The van der Waals surface area contributed by atoms with Gasteiger partial charge >= 0.3 is 0 Å². The second kappa shape index (κ2) is 6.26. The van der Waals surface area contributed by atoms with E-state index in [0.29, 0.717) is 56.2 Å². The van der Waals surface area contributed by atoms with Gasteiger partial charge in [0.05, 0.1) is 19.8 Å². The highest BCUT2D eigenvalue weighted by atomic mass is 19.1. The standard InChI is InChI=1S/C14H20FN5O/c15-12-7-10(9-18-14(16)19-11-1-2-11)8-17-13(12)20-3-5-21-6-4-20/h7-8,11H,1-6,9H2,(H3,16,18,19). The number of aliphatic imine (C=N–C) groups is 1. The van der Waals surface area contributed by atoms with Crippen molar-refractivity contribution in [3.8, 4) is 0 Å². The minimum Gasteiger partial charge on any atom is -0.378 e. The third kappa shape index (κ3) is 3.81. The molecule has 2 heterocycles. The Morgan fingerprint density at radius 1 is 1.48 bits per heavy atom. The van der Waals surface area contributed by atoms with Crippen molar-refractivity contribution in [3.05, 3.63) is 23.6 Å². The smallest absolute Gasteiger partial charge is 0.189 e. The Bertz CT molecular complexity index is 526. The average molecular weight is 293 g/mol. The summed E-state index contributed by atoms with van der Waals surface area (Å²) in [6.07, 6.45) is 3.93. The zero-order valence-electron chi connectivity index (χ0n) is 11.9. The van der Waals surface area contributed by atoms with Crippen LogP contribution in [0.2, 0.25) is 0 Å². The van der Waals surface area contributed by atoms with Gasteiger partial charge in [-0.05, 0) is 24.5 Å². The van der Waals surface area contributed by atoms with Gasteiger partial charge in [0.2, 0.25) is 0 Å². The van der Waals surface area contributed by atoms with Gasteiger partial charge in [0.15, 0.2) is 17.6 Å². The number of aromatic nitrogens is 1. The van der Waals surface area contributed by atoms with Crippen LogP contribution in [0.15, 0.2) is 17.3 Å². The quantitative estimate of drug-likeness (QED) is 0.629. The second-order valence-electron chi connectivity index (χ2n) is 5.37. The molecule has 3 N–H and O–H groups in total. The molecule has 1 aliphatic carbocycles. The predicted molar refractivity (Wildman–Crippen MR) is 78.7 cm³/mol. The molecule has 2 fully saturated rings. The van der Waals surface area contributed by atoms with E-state index in [2.05, 4.69) is 15.3 Å². The molecule has 0 spiro atoms. The van der Waals surface area contributed by atoms with Crippen LogP contribution in [0, 0.1) is 5.82 Å². The number of hydrogen-bond donors (Lipinski definition) is 2. The van der Waals surface area contributed by atoms with Crippen molar-refractivity contribution in [1.82, 2.24) is 10.3 Å². The minimum absolute atomic E-state index is 0.321. The Hall–Kier alpha value is -1.89. The van der Waals surface area contributed by atoms with Gasteiger partial charge in [-0.1, -0.05) is 0 Å². The SMILES string of the molecule is NC(=NCc1cnc(N2CCOCC2)c(F)c1)NC1CC1. The van der Waals surface area contributed by atoms with Crippen LogP contribution in [-0.2, 0) is 11.3 Å². The van der Waals surface area contributed by atoms with Crippen molar-refractivity contribution in [2.24, 2.45) is 10.7 Å². The van der Waals surface area contributed by atoms with Crippen molar-refractivity contribution < 1.29 is 9.13 Å². The molecule has 114 valence electrons. The van der Waals surface area contributed by atoms with E-state index in [1.54, 1.807) is 6.20 Å². The summed E-state index contributed by atoms with van der Waals surface area (Å²) in [6, 6.07) is 1.94. The van der Waals surface area contributed by atoms with Crippen LogP contribution in [-0.4, -0.2) is 43.3 Å². The van der Waals surface area contributed by atoms with Crippen LogP contribution in [0.5, 0.6) is 0 Å². The topological polar surface area (TPSA) is 75.8 Å². The van der Waals surface area contributed by atoms with E-state index in [-0.39, 0.29) is 5.82 Å². The number of pyridine rings is 1. The Balaban J connectivity index is 1.62. The second-order valence-corrected chi connectivity index (χ2v) is 5.37. The van der Waals surface area contributed by atoms with Gasteiger partial charge in [-0.25, -0.2) is 14.4 Å². The van der Waals surface area contributed by atoms with E-state index in [1.807, 2.05) is 4.90 Å². The number of nitrogens with one attached hydrogen (secondary N) is 1. The number of ether oxygens (including phenoxy) is 1. The molecule has 21 heavy (non-hydrogen) atoms. The normalized spacial score (nSPS) is 19.7. The number of guanidine groups is 1. The lowest BCUT2D eigenvalue weighted by Gasteiger charge is -2.28. The van der Waals surface area contributed by atoms with Gasteiger partial charge in [-0.3, -0.25) is 0 Å². The van der Waals surface area contributed by atoms with E-state index >= 15 is 0 Å². The molecule has 7 heteroatoms. The predicted octanol–water partition coefficient (Wildman–Crippen LogP) is 0.624. The molecule has 1 aromatic heterocycles. The first kappa shape index (κ1) is 14.1. The molecule has 0 atom stereocenters. The number of morpholine rings is 1. The Morgan fingerprint density at radius 2 is 2.24 bits per heavy atom. The molecule has 0 aromatic carbocycles. The maximum absolute atomic E-state index is 14.1. The lowest BCUT2D eigenvalue weighted by molar-refractivity contribution is 0.122. The van der Waals surface area contributed by atoms with E-state index in [9.17, 15) is 4.39 Å². The van der Waals surface area contributed by atoms with Crippen molar-refractivity contribution in [2.45, 2.75) is 25.4 Å². The number of nitrogens with zero attached hydrogens (tertiary/aromatic N) is 3. The van der Waals surface area contributed by atoms with Gasteiger partial charge in [-0.2, -0.15) is 0 Å². The van der Waals surface area contributed by atoms with Crippen LogP contribution >= 0.6 is 0 Å². The number of rotatable bonds is 4. The molecule has 2 aliphatic rings. The third-order valence-electron chi connectivity index (χ3n) is 3.55. The number of halogens is 1. The van der Waals surface area contributed by atoms with Crippen LogP contribution in [0.3, 0.4) is 0 Å². The van der Waals surface area contributed by atoms with Gasteiger partial charge in [0.1, 0.15) is 0 Å². The molecule has 1 saturated heterocycles. The summed E-state index contributed by atoms with van der Waals surface area (Å²) in [4.78, 5) is 10.3. The zero-order valence-corrected chi connectivity index (χ0v) is 11.9. The summed E-state index contributed by atoms with van der Waals surface area (Å²) >= 11 is 0. The first-order chi connectivity index (χ1) is 10.2. The first-order valence-electron chi connectivity index (χ1n) is 7.26. The molecule has 0 radical (unpaired) electrons. The van der Waals surface area contributed by atoms with E-state index in [0.717, 1.165) is 12.8 Å². The number of nitrogens with two attached hydrogens (primary N) is 1. The summed E-state index contributed by atoms with van der Waals surface area (Å²) < 4.78 is 19.4. The summed E-state index contributed by atoms with van der Waals surface area (Å²) in [5.41, 5.74) is 6.46. The van der Waals surface area contributed by atoms with Gasteiger partial charge in [0.25, 0.3) is 0 Å². The van der Waals surface area contributed by atoms with E-state index < -0.39 is 0 Å². The Kier molecular flexibility index (Phi) is 4.19. The Labute approximate surface area is 123 Å². The summed E-state index contributed by atoms with van der Waals surface area (Å²) in [7, 11) is 0. The number of anilines is 1. The maximum Gasteiger partial charge on any atom is 0.189 e. The lowest BCUT2D eigenvalue weighted by atomic mass is 10.2. The fourth-order valence-electron chi connectivity index (χ4n) is 2.22. The Morgan fingerprint density at radius 3 is 2.90 bits per heavy atom. The molecule has 1 aromatic rings. The fraction of sp³-hybridized carbons (Fsp3) is 0.571. The van der Waals surface area contributed by atoms with Crippen molar-refractivity contribution in [2.75, 3.05) is 31.2 Å². The maximum atomic E-state index is 14.1. The summed E-state index contributed by atoms with van der Waals surface area (Å²) in [5, 5.41) is 3.09. The van der Waals surface area contributed by atoms with Crippen LogP contribution in [0.4, 0.5) is 10.2 Å². The number of hydrogen-bond acceptors (Lipinski definition) is 4. The van der Waals surface area contributed by atoms with Crippen molar-refractivity contribution in [3.63, 3.8) is 0 Å². The van der Waals surface area contributed by atoms with Gasteiger partial charge < -0.3 is 20.7 Å². The first-order valence-corrected chi connectivity index (χ1v) is 7.26.